The molecule has 0 aliphatic carbocycles. The molecule has 13 heavy (non-hydrogen) atoms. The summed E-state index contributed by atoms with van der Waals surface area (Å²) in [6, 6.07) is 0. The van der Waals surface area contributed by atoms with E-state index in [1.807, 2.05) is 13.8 Å². The molecule has 0 saturated carbocycles. The smallest absolute Gasteiger partial charge is 0.163 e. The molecule has 0 aromatic rings. The molecule has 0 spiro atoms. The van der Waals surface area contributed by atoms with Crippen LogP contribution >= 0.6 is 0 Å². The van der Waals surface area contributed by atoms with Gasteiger partial charge in [0, 0.05) is 10.8 Å². The summed E-state index contributed by atoms with van der Waals surface area (Å²) in [6.45, 7) is 5.89. The molecular weight excluding hydrogens is 188 g/mol. The lowest BCUT2D eigenvalue weighted by molar-refractivity contribution is -0.145. The van der Waals surface area contributed by atoms with Gasteiger partial charge in [0.1, 0.15) is 6.10 Å². The Bertz CT molecular complexity index is 239. The first-order valence-electron chi connectivity index (χ1n) is 4.76. The fraction of sp³-hybridized carbons (Fsp3) is 1.00. The van der Waals surface area contributed by atoms with Gasteiger partial charge in [-0.15, -0.1) is 0 Å². The van der Waals surface area contributed by atoms with Gasteiger partial charge in [0.25, 0.3) is 0 Å². The second-order valence-electron chi connectivity index (χ2n) is 4.13. The number of rotatable bonds is 1. The van der Waals surface area contributed by atoms with E-state index in [0.29, 0.717) is 5.75 Å². The van der Waals surface area contributed by atoms with E-state index in [1.165, 1.54) is 0 Å². The highest BCUT2D eigenvalue weighted by molar-refractivity contribution is 7.86. The molecule has 4 atom stereocenters. The molecule has 0 bridgehead atoms. The Balaban J connectivity index is 2.15. The fourth-order valence-electron chi connectivity index (χ4n) is 2.16. The van der Waals surface area contributed by atoms with E-state index in [0.717, 1.165) is 6.42 Å². The fourth-order valence-corrected chi connectivity index (χ4v) is 3.89. The van der Waals surface area contributed by atoms with Crippen LogP contribution in [-0.2, 0) is 20.3 Å². The topological polar surface area (TPSA) is 35.5 Å². The number of fused-ring (bicyclic) bond motifs is 1. The highest BCUT2D eigenvalue weighted by Crippen LogP contribution is 2.37. The Morgan fingerprint density at radius 1 is 1.46 bits per heavy atom. The largest absolute Gasteiger partial charge is 0.344 e. The highest BCUT2D eigenvalue weighted by Gasteiger charge is 2.51. The van der Waals surface area contributed by atoms with Crippen molar-refractivity contribution in [1.82, 2.24) is 0 Å². The van der Waals surface area contributed by atoms with Gasteiger partial charge < -0.3 is 9.47 Å². The number of hydrogen-bond donors (Lipinski definition) is 0. The summed E-state index contributed by atoms with van der Waals surface area (Å²) in [5, 5.41) is 0.173. The average Bonchev–Trinajstić information content (AvgIpc) is 2.39. The summed E-state index contributed by atoms with van der Waals surface area (Å²) in [5.74, 6) is 0.167. The zero-order chi connectivity index (χ0) is 9.64. The minimum Gasteiger partial charge on any atom is -0.344 e. The van der Waals surface area contributed by atoms with E-state index in [2.05, 4.69) is 6.92 Å². The quantitative estimate of drug-likeness (QED) is 0.640. The first kappa shape index (κ1) is 9.62. The molecule has 4 heteroatoms. The minimum atomic E-state index is -0.753. The van der Waals surface area contributed by atoms with Crippen LogP contribution in [0.25, 0.3) is 0 Å². The van der Waals surface area contributed by atoms with Crippen molar-refractivity contribution in [1.29, 1.82) is 0 Å². The third-order valence-electron chi connectivity index (χ3n) is 2.66. The Kier molecular flexibility index (Phi) is 2.25. The SMILES string of the molecule is CC[C@@H]1[C@H]2OC(C)(C)O[C@H]2C[S@@]1=O. The van der Waals surface area contributed by atoms with Gasteiger partial charge in [-0.1, -0.05) is 6.92 Å². The Labute approximate surface area is 81.2 Å². The van der Waals surface area contributed by atoms with Crippen molar-refractivity contribution < 1.29 is 13.7 Å². The summed E-state index contributed by atoms with van der Waals surface area (Å²) >= 11 is 0. The second-order valence-corrected chi connectivity index (χ2v) is 5.83. The lowest BCUT2D eigenvalue weighted by Gasteiger charge is -2.20. The summed E-state index contributed by atoms with van der Waals surface area (Å²) in [7, 11) is -0.753. The van der Waals surface area contributed by atoms with Crippen LogP contribution in [0.2, 0.25) is 0 Å². The number of hydrogen-bond acceptors (Lipinski definition) is 3. The summed E-state index contributed by atoms with van der Waals surface area (Å²) in [4.78, 5) is 0. The van der Waals surface area contributed by atoms with Crippen LogP contribution in [0.4, 0.5) is 0 Å². The predicted molar refractivity (Wildman–Crippen MR) is 50.9 cm³/mol. The van der Waals surface area contributed by atoms with Gasteiger partial charge in [-0.2, -0.15) is 0 Å². The molecule has 2 saturated heterocycles. The average molecular weight is 204 g/mol. The van der Waals surface area contributed by atoms with Crippen molar-refractivity contribution in [2.75, 3.05) is 5.75 Å². The summed E-state index contributed by atoms with van der Waals surface area (Å²) in [6.07, 6.45) is 1.02. The Hall–Kier alpha value is 0.0700. The van der Waals surface area contributed by atoms with Crippen molar-refractivity contribution in [2.24, 2.45) is 0 Å². The predicted octanol–water partition coefficient (Wildman–Crippen LogP) is 1.05. The molecule has 0 amide bonds. The standard InChI is InChI=1S/C9H16O3S/c1-4-7-8-6(5-13(7)10)11-9(2,3)12-8/h6-8H,4-5H2,1-3H3/t6-,7+,8-,13-/m0/s1. The van der Waals surface area contributed by atoms with Gasteiger partial charge in [-0.25, -0.2) is 0 Å². The molecule has 0 aromatic carbocycles. The maximum absolute atomic E-state index is 11.6. The second kappa shape index (κ2) is 3.04. The zero-order valence-corrected chi connectivity index (χ0v) is 9.10. The van der Waals surface area contributed by atoms with Gasteiger partial charge in [0.15, 0.2) is 5.79 Å². The van der Waals surface area contributed by atoms with Crippen molar-refractivity contribution in [2.45, 2.75) is 50.4 Å². The van der Waals surface area contributed by atoms with E-state index in [4.69, 9.17) is 9.47 Å². The Morgan fingerprint density at radius 3 is 2.77 bits per heavy atom. The van der Waals surface area contributed by atoms with Crippen molar-refractivity contribution in [3.8, 4) is 0 Å². The molecule has 0 radical (unpaired) electrons. The third-order valence-corrected chi connectivity index (χ3v) is 4.59. The maximum Gasteiger partial charge on any atom is 0.163 e. The molecule has 3 nitrogen and oxygen atoms in total. The Morgan fingerprint density at radius 2 is 2.15 bits per heavy atom. The monoisotopic (exact) mass is 204 g/mol. The van der Waals surface area contributed by atoms with Crippen LogP contribution in [0, 0.1) is 0 Å². The van der Waals surface area contributed by atoms with E-state index in [1.54, 1.807) is 0 Å². The molecule has 0 N–H and O–H groups in total. The van der Waals surface area contributed by atoms with Gasteiger partial charge >= 0.3 is 0 Å². The van der Waals surface area contributed by atoms with Crippen LogP contribution in [0.5, 0.6) is 0 Å². The molecule has 2 aliphatic rings. The van der Waals surface area contributed by atoms with Crippen LogP contribution in [0.3, 0.4) is 0 Å². The lowest BCUT2D eigenvalue weighted by Crippen LogP contribution is -2.29. The normalized spacial score (nSPS) is 47.9. The van der Waals surface area contributed by atoms with E-state index >= 15 is 0 Å². The van der Waals surface area contributed by atoms with Gasteiger partial charge in [0.05, 0.1) is 17.1 Å². The molecule has 2 rings (SSSR count). The molecule has 2 fully saturated rings. The molecule has 2 aliphatic heterocycles. The third kappa shape index (κ3) is 1.55. The van der Waals surface area contributed by atoms with Crippen LogP contribution < -0.4 is 0 Å². The molecule has 76 valence electrons. The van der Waals surface area contributed by atoms with Crippen LogP contribution in [0.1, 0.15) is 27.2 Å². The van der Waals surface area contributed by atoms with Gasteiger partial charge in [-0.3, -0.25) is 4.21 Å². The zero-order valence-electron chi connectivity index (χ0n) is 8.28. The molecule has 2 heterocycles. The number of ether oxygens (including phenoxy) is 2. The highest BCUT2D eigenvalue weighted by atomic mass is 32.2. The van der Waals surface area contributed by atoms with Gasteiger partial charge in [-0.05, 0) is 20.3 Å². The molecule has 0 unspecified atom stereocenters. The van der Waals surface area contributed by atoms with Crippen LogP contribution in [-0.4, -0.2) is 33.2 Å². The van der Waals surface area contributed by atoms with E-state index < -0.39 is 16.6 Å². The molecular formula is C9H16O3S. The summed E-state index contributed by atoms with van der Waals surface area (Å²) < 4.78 is 23.0. The minimum absolute atomic E-state index is 0.0563. The van der Waals surface area contributed by atoms with Crippen molar-refractivity contribution in [3.63, 3.8) is 0 Å². The summed E-state index contributed by atoms with van der Waals surface area (Å²) in [5.41, 5.74) is 0. The lowest BCUT2D eigenvalue weighted by atomic mass is 10.1. The molecule has 0 aromatic heterocycles. The van der Waals surface area contributed by atoms with E-state index in [-0.39, 0.29) is 17.5 Å². The van der Waals surface area contributed by atoms with Gasteiger partial charge in [0.2, 0.25) is 0 Å². The van der Waals surface area contributed by atoms with Crippen LogP contribution in [0.15, 0.2) is 0 Å². The van der Waals surface area contributed by atoms with E-state index in [9.17, 15) is 4.21 Å². The van der Waals surface area contributed by atoms with Crippen molar-refractivity contribution in [3.05, 3.63) is 0 Å². The van der Waals surface area contributed by atoms with Crippen molar-refractivity contribution >= 4 is 10.8 Å². The maximum atomic E-state index is 11.6. The first-order valence-corrected chi connectivity index (χ1v) is 6.14. The first-order chi connectivity index (χ1) is 6.03.